The van der Waals surface area contributed by atoms with Gasteiger partial charge in [0.05, 0.1) is 13.2 Å². The molecule has 0 saturated carbocycles. The topological polar surface area (TPSA) is 95.9 Å². The van der Waals surface area contributed by atoms with Crippen LogP contribution in [0.5, 0.6) is 5.75 Å². The first kappa shape index (κ1) is 14.0. The predicted octanol–water partition coefficient (Wildman–Crippen LogP) is 0.261. The van der Waals surface area contributed by atoms with Gasteiger partial charge in [0, 0.05) is 5.56 Å². The van der Waals surface area contributed by atoms with Crippen molar-refractivity contribution in [2.24, 2.45) is 0 Å². The van der Waals surface area contributed by atoms with Gasteiger partial charge in [-0.05, 0) is 31.2 Å². The van der Waals surface area contributed by atoms with Crippen LogP contribution in [0.4, 0.5) is 0 Å². The largest absolute Gasteiger partial charge is 0.494 e. The first-order valence-corrected chi connectivity index (χ1v) is 5.45. The number of benzene rings is 1. The van der Waals surface area contributed by atoms with Crippen LogP contribution in [-0.4, -0.2) is 41.3 Å². The van der Waals surface area contributed by atoms with Crippen molar-refractivity contribution in [3.63, 3.8) is 0 Å². The van der Waals surface area contributed by atoms with Crippen LogP contribution in [0.1, 0.15) is 17.3 Å². The fourth-order valence-electron chi connectivity index (χ4n) is 1.30. The second kappa shape index (κ2) is 6.61. The molecule has 1 unspecified atom stereocenters. The van der Waals surface area contributed by atoms with Crippen molar-refractivity contribution in [2.45, 2.75) is 13.0 Å². The van der Waals surface area contributed by atoms with Crippen molar-refractivity contribution in [1.29, 1.82) is 0 Å². The van der Waals surface area contributed by atoms with Crippen molar-refractivity contribution in [3.8, 4) is 5.75 Å². The molecule has 0 radical (unpaired) electrons. The maximum absolute atomic E-state index is 11.7. The van der Waals surface area contributed by atoms with Gasteiger partial charge in [0.15, 0.2) is 6.04 Å². The molecule has 1 rings (SSSR count). The number of amides is 1. The molecular weight excluding hydrogens is 238 g/mol. The number of nitrogens with one attached hydrogen (secondary N) is 1. The lowest BCUT2D eigenvalue weighted by atomic mass is 10.2. The Kier molecular flexibility index (Phi) is 5.13. The maximum Gasteiger partial charge on any atom is 0.328 e. The fourth-order valence-corrected chi connectivity index (χ4v) is 1.30. The van der Waals surface area contributed by atoms with Crippen LogP contribution in [0.3, 0.4) is 0 Å². The molecule has 0 aliphatic rings. The first-order chi connectivity index (χ1) is 8.58. The minimum Gasteiger partial charge on any atom is -0.494 e. The zero-order chi connectivity index (χ0) is 13.5. The van der Waals surface area contributed by atoms with Crippen molar-refractivity contribution >= 4 is 11.9 Å². The SMILES string of the molecule is CCOc1ccc(C(=O)NC(CO)C(=O)O)cc1. The number of aliphatic hydroxyl groups excluding tert-OH is 1. The Hall–Kier alpha value is -2.08. The summed E-state index contributed by atoms with van der Waals surface area (Å²) in [6.45, 7) is 1.72. The van der Waals surface area contributed by atoms with Crippen LogP contribution in [-0.2, 0) is 4.79 Å². The number of rotatable bonds is 6. The highest BCUT2D eigenvalue weighted by atomic mass is 16.5. The second-order valence-corrected chi connectivity index (χ2v) is 3.50. The normalized spacial score (nSPS) is 11.7. The third-order valence-corrected chi connectivity index (χ3v) is 2.21. The molecule has 0 aliphatic heterocycles. The van der Waals surface area contributed by atoms with Gasteiger partial charge in [0.25, 0.3) is 5.91 Å². The maximum atomic E-state index is 11.7. The number of hydrogen-bond donors (Lipinski definition) is 3. The molecule has 0 spiro atoms. The monoisotopic (exact) mass is 253 g/mol. The van der Waals surface area contributed by atoms with E-state index < -0.39 is 24.5 Å². The molecule has 1 aromatic rings. The summed E-state index contributed by atoms with van der Waals surface area (Å²) < 4.78 is 5.22. The highest BCUT2D eigenvalue weighted by molar-refractivity contribution is 5.96. The predicted molar refractivity (Wildman–Crippen MR) is 63.6 cm³/mol. The van der Waals surface area contributed by atoms with E-state index >= 15 is 0 Å². The molecule has 0 bridgehead atoms. The number of carbonyl (C=O) groups excluding carboxylic acids is 1. The molecule has 6 heteroatoms. The number of carboxylic acids is 1. The van der Waals surface area contributed by atoms with Crippen molar-refractivity contribution in [3.05, 3.63) is 29.8 Å². The zero-order valence-electron chi connectivity index (χ0n) is 9.92. The molecule has 0 saturated heterocycles. The zero-order valence-corrected chi connectivity index (χ0v) is 9.92. The van der Waals surface area contributed by atoms with Crippen molar-refractivity contribution in [1.82, 2.24) is 5.32 Å². The van der Waals surface area contributed by atoms with E-state index in [1.54, 1.807) is 12.1 Å². The Morgan fingerprint density at radius 2 is 1.94 bits per heavy atom. The van der Waals surface area contributed by atoms with Gasteiger partial charge in [-0.2, -0.15) is 0 Å². The Morgan fingerprint density at radius 1 is 1.33 bits per heavy atom. The molecule has 1 amide bonds. The lowest BCUT2D eigenvalue weighted by Crippen LogP contribution is -2.43. The lowest BCUT2D eigenvalue weighted by Gasteiger charge is -2.11. The number of hydrogen-bond acceptors (Lipinski definition) is 4. The molecule has 1 atom stereocenters. The fraction of sp³-hybridized carbons (Fsp3) is 0.333. The van der Waals surface area contributed by atoms with Gasteiger partial charge < -0.3 is 20.3 Å². The number of carbonyl (C=O) groups is 2. The average Bonchev–Trinajstić information content (AvgIpc) is 2.36. The summed E-state index contributed by atoms with van der Waals surface area (Å²) in [7, 11) is 0. The van der Waals surface area contributed by atoms with Gasteiger partial charge in [0.1, 0.15) is 5.75 Å². The van der Waals surface area contributed by atoms with E-state index in [0.29, 0.717) is 17.9 Å². The molecule has 98 valence electrons. The summed E-state index contributed by atoms with van der Waals surface area (Å²) in [5, 5.41) is 19.7. The average molecular weight is 253 g/mol. The van der Waals surface area contributed by atoms with Gasteiger partial charge in [-0.3, -0.25) is 4.79 Å². The van der Waals surface area contributed by atoms with Crippen LogP contribution in [0.2, 0.25) is 0 Å². The number of aliphatic hydroxyl groups is 1. The molecule has 0 fully saturated rings. The van der Waals surface area contributed by atoms with Gasteiger partial charge in [-0.1, -0.05) is 0 Å². The minimum atomic E-state index is -1.30. The Morgan fingerprint density at radius 3 is 2.39 bits per heavy atom. The molecule has 1 aromatic carbocycles. The standard InChI is InChI=1S/C12H15NO5/c1-2-18-9-5-3-8(4-6-9)11(15)13-10(7-14)12(16)17/h3-6,10,14H,2,7H2,1H3,(H,13,15)(H,16,17). The minimum absolute atomic E-state index is 0.304. The molecule has 0 heterocycles. The summed E-state index contributed by atoms with van der Waals surface area (Å²) in [5.41, 5.74) is 0.304. The second-order valence-electron chi connectivity index (χ2n) is 3.50. The molecule has 6 nitrogen and oxygen atoms in total. The quantitative estimate of drug-likeness (QED) is 0.676. The molecule has 0 aromatic heterocycles. The smallest absolute Gasteiger partial charge is 0.328 e. The van der Waals surface area contributed by atoms with Crippen molar-refractivity contribution in [2.75, 3.05) is 13.2 Å². The third-order valence-electron chi connectivity index (χ3n) is 2.21. The van der Waals surface area contributed by atoms with Crippen LogP contribution in [0.25, 0.3) is 0 Å². The molecular formula is C12H15NO5. The van der Waals surface area contributed by atoms with E-state index in [2.05, 4.69) is 5.32 Å². The van der Waals surface area contributed by atoms with E-state index in [1.807, 2.05) is 6.92 Å². The Balaban J connectivity index is 2.69. The van der Waals surface area contributed by atoms with E-state index in [-0.39, 0.29) is 0 Å². The number of ether oxygens (including phenoxy) is 1. The van der Waals surface area contributed by atoms with E-state index in [4.69, 9.17) is 14.9 Å². The van der Waals surface area contributed by atoms with Gasteiger partial charge in [-0.15, -0.1) is 0 Å². The highest BCUT2D eigenvalue weighted by Gasteiger charge is 2.19. The summed E-state index contributed by atoms with van der Waals surface area (Å²) in [6, 6.07) is 4.98. The van der Waals surface area contributed by atoms with Crippen LogP contribution >= 0.6 is 0 Å². The summed E-state index contributed by atoms with van der Waals surface area (Å²) in [6.07, 6.45) is 0. The summed E-state index contributed by atoms with van der Waals surface area (Å²) in [4.78, 5) is 22.3. The molecule has 18 heavy (non-hydrogen) atoms. The van der Waals surface area contributed by atoms with Crippen molar-refractivity contribution < 1.29 is 24.5 Å². The highest BCUT2D eigenvalue weighted by Crippen LogP contribution is 2.12. The number of carboxylic acid groups (broad SMARTS) is 1. The van der Waals surface area contributed by atoms with Crippen LogP contribution in [0, 0.1) is 0 Å². The Bertz CT molecular complexity index is 415. The molecule has 0 aliphatic carbocycles. The summed E-state index contributed by atoms with van der Waals surface area (Å²) in [5.74, 6) is -1.21. The third kappa shape index (κ3) is 3.74. The van der Waals surface area contributed by atoms with Gasteiger partial charge in [-0.25, -0.2) is 4.79 Å². The molecule has 3 N–H and O–H groups in total. The van der Waals surface area contributed by atoms with Crippen LogP contribution in [0.15, 0.2) is 24.3 Å². The van der Waals surface area contributed by atoms with Gasteiger partial charge in [0.2, 0.25) is 0 Å². The first-order valence-electron chi connectivity index (χ1n) is 5.45. The van der Waals surface area contributed by atoms with Crippen LogP contribution < -0.4 is 10.1 Å². The van der Waals surface area contributed by atoms with E-state index in [0.717, 1.165) is 0 Å². The summed E-state index contributed by atoms with van der Waals surface area (Å²) >= 11 is 0. The lowest BCUT2D eigenvalue weighted by molar-refractivity contribution is -0.140. The van der Waals surface area contributed by atoms with Gasteiger partial charge >= 0.3 is 5.97 Å². The van der Waals surface area contributed by atoms with E-state index in [1.165, 1.54) is 12.1 Å². The Labute approximate surface area is 104 Å². The number of aliphatic carboxylic acids is 1. The van der Waals surface area contributed by atoms with E-state index in [9.17, 15) is 9.59 Å².